The minimum atomic E-state index is -1.19. The molecule has 7 heteroatoms. The molecule has 0 spiro atoms. The Bertz CT molecular complexity index is 746. The molecule has 28 heavy (non-hydrogen) atoms. The average molecular weight is 390 g/mol. The van der Waals surface area contributed by atoms with Gasteiger partial charge in [-0.25, -0.2) is 9.59 Å². The highest BCUT2D eigenvalue weighted by molar-refractivity contribution is 6.21. The number of benzene rings is 1. The van der Waals surface area contributed by atoms with E-state index in [1.54, 1.807) is 65.8 Å². The molecule has 0 bridgehead atoms. The van der Waals surface area contributed by atoms with Crippen molar-refractivity contribution in [3.8, 4) is 5.75 Å². The third-order valence-electron chi connectivity index (χ3n) is 3.46. The summed E-state index contributed by atoms with van der Waals surface area (Å²) in [6.45, 7) is 9.40. The van der Waals surface area contributed by atoms with E-state index in [1.807, 2.05) is 0 Å². The number of ether oxygens (including phenoxy) is 3. The van der Waals surface area contributed by atoms with Crippen molar-refractivity contribution in [1.29, 1.82) is 0 Å². The maximum atomic E-state index is 12.5. The van der Waals surface area contributed by atoms with Crippen LogP contribution in [0.25, 0.3) is 6.08 Å². The minimum Gasteiger partial charge on any atom is -0.497 e. The van der Waals surface area contributed by atoms with Crippen LogP contribution in [0.5, 0.6) is 5.75 Å². The summed E-state index contributed by atoms with van der Waals surface area (Å²) in [7, 11) is 1.50. The van der Waals surface area contributed by atoms with Crippen LogP contribution in [-0.2, 0) is 28.7 Å². The number of rotatable bonds is 4. The average Bonchev–Trinajstić information content (AvgIpc) is 2.58. The summed E-state index contributed by atoms with van der Waals surface area (Å²) in [5.41, 5.74) is -2.02. The van der Waals surface area contributed by atoms with E-state index in [4.69, 9.17) is 14.2 Å². The second-order valence-corrected chi connectivity index (χ2v) is 8.19. The van der Waals surface area contributed by atoms with Crippen LogP contribution in [0.1, 0.15) is 47.1 Å². The van der Waals surface area contributed by atoms with Gasteiger partial charge in [-0.2, -0.15) is 0 Å². The predicted octanol–water partition coefficient (Wildman–Crippen LogP) is 3.31. The summed E-state index contributed by atoms with van der Waals surface area (Å²) >= 11 is 0. The van der Waals surface area contributed by atoms with Gasteiger partial charge in [0.25, 0.3) is 0 Å². The molecule has 0 aromatic heterocycles. The van der Waals surface area contributed by atoms with E-state index in [0.717, 1.165) is 0 Å². The number of hydrogen-bond acceptors (Lipinski definition) is 7. The third kappa shape index (κ3) is 6.64. The Morgan fingerprint density at radius 1 is 0.750 bits per heavy atom. The molecule has 1 aromatic carbocycles. The van der Waals surface area contributed by atoms with Crippen molar-refractivity contribution >= 4 is 30.0 Å². The van der Waals surface area contributed by atoms with Gasteiger partial charge in [-0.1, -0.05) is 12.1 Å². The number of methoxy groups -OCH3 is 1. The lowest BCUT2D eigenvalue weighted by Gasteiger charge is -2.17. The van der Waals surface area contributed by atoms with Crippen molar-refractivity contribution in [2.45, 2.75) is 41.5 Å². The minimum absolute atomic E-state index is 0.455. The zero-order valence-corrected chi connectivity index (χ0v) is 17.2. The Kier molecular flexibility index (Phi) is 7.27. The second-order valence-electron chi connectivity index (χ2n) is 8.19. The highest BCUT2D eigenvalue weighted by Gasteiger charge is 2.33. The first-order valence-electron chi connectivity index (χ1n) is 8.64. The SMILES string of the molecule is COc1ccc(C=C(C(=O)OC(=O)C(C)(C)C)C(=O)OC(=O)C(C)(C)C)cc1. The van der Waals surface area contributed by atoms with Gasteiger partial charge in [0.15, 0.2) is 0 Å². The molecule has 1 rings (SSSR count). The van der Waals surface area contributed by atoms with Crippen LogP contribution in [0.2, 0.25) is 0 Å². The molecule has 0 atom stereocenters. The van der Waals surface area contributed by atoms with Crippen molar-refractivity contribution in [3.63, 3.8) is 0 Å². The van der Waals surface area contributed by atoms with Crippen molar-refractivity contribution in [3.05, 3.63) is 35.4 Å². The zero-order valence-electron chi connectivity index (χ0n) is 17.2. The molecule has 0 N–H and O–H groups in total. The van der Waals surface area contributed by atoms with Gasteiger partial charge in [-0.05, 0) is 65.3 Å². The summed E-state index contributed by atoms with van der Waals surface area (Å²) in [6, 6.07) is 6.44. The van der Waals surface area contributed by atoms with Gasteiger partial charge in [-0.3, -0.25) is 9.59 Å². The van der Waals surface area contributed by atoms with Crippen LogP contribution in [0.4, 0.5) is 0 Å². The van der Waals surface area contributed by atoms with Gasteiger partial charge >= 0.3 is 23.9 Å². The monoisotopic (exact) mass is 390 g/mol. The quantitative estimate of drug-likeness (QED) is 0.337. The molecule has 0 saturated carbocycles. The number of carbonyl (C=O) groups excluding carboxylic acids is 4. The summed E-state index contributed by atoms with van der Waals surface area (Å²) in [4.78, 5) is 48.9. The Hall–Kier alpha value is -2.96. The van der Waals surface area contributed by atoms with Gasteiger partial charge in [0, 0.05) is 0 Å². The molecule has 0 amide bonds. The van der Waals surface area contributed by atoms with Gasteiger partial charge in [0.05, 0.1) is 17.9 Å². The molecule has 0 aliphatic carbocycles. The fraction of sp³-hybridized carbons (Fsp3) is 0.429. The van der Waals surface area contributed by atoms with Crippen LogP contribution in [0.3, 0.4) is 0 Å². The number of carbonyl (C=O) groups is 4. The smallest absolute Gasteiger partial charge is 0.353 e. The van der Waals surface area contributed by atoms with Crippen LogP contribution in [0.15, 0.2) is 29.8 Å². The lowest BCUT2D eigenvalue weighted by atomic mass is 9.97. The molecule has 152 valence electrons. The van der Waals surface area contributed by atoms with Gasteiger partial charge < -0.3 is 14.2 Å². The van der Waals surface area contributed by atoms with Gasteiger partial charge in [-0.15, -0.1) is 0 Å². The lowest BCUT2D eigenvalue weighted by Crippen LogP contribution is -2.31. The van der Waals surface area contributed by atoms with E-state index in [2.05, 4.69) is 0 Å². The zero-order chi connectivity index (χ0) is 21.7. The summed E-state index contributed by atoms with van der Waals surface area (Å²) < 4.78 is 14.7. The molecule has 0 aliphatic heterocycles. The van der Waals surface area contributed by atoms with E-state index in [1.165, 1.54) is 13.2 Å². The summed E-state index contributed by atoms with van der Waals surface area (Å²) in [5, 5.41) is 0. The van der Waals surface area contributed by atoms with Crippen molar-refractivity contribution < 1.29 is 33.4 Å². The standard InChI is InChI=1S/C21H26O7/c1-20(2,3)18(24)27-16(22)15(17(23)28-19(25)21(4,5)6)12-13-8-10-14(26-7)11-9-13/h8-12H,1-7H3. The molecule has 0 aliphatic rings. The molecule has 0 unspecified atom stereocenters. The first kappa shape index (κ1) is 23.1. The molecular formula is C21H26O7. The molecule has 0 heterocycles. The maximum Gasteiger partial charge on any atom is 0.353 e. The van der Waals surface area contributed by atoms with Gasteiger partial charge in [0.2, 0.25) is 0 Å². The number of hydrogen-bond donors (Lipinski definition) is 0. The van der Waals surface area contributed by atoms with Crippen LogP contribution in [0, 0.1) is 10.8 Å². The van der Waals surface area contributed by atoms with Gasteiger partial charge in [0.1, 0.15) is 11.3 Å². The largest absolute Gasteiger partial charge is 0.497 e. The maximum absolute atomic E-state index is 12.5. The predicted molar refractivity (Wildman–Crippen MR) is 102 cm³/mol. The fourth-order valence-electron chi connectivity index (χ4n) is 1.65. The second kappa shape index (κ2) is 8.82. The first-order chi connectivity index (χ1) is 12.8. The molecule has 0 fully saturated rings. The fourth-order valence-corrected chi connectivity index (χ4v) is 1.65. The summed E-state index contributed by atoms with van der Waals surface area (Å²) in [6.07, 6.45) is 1.19. The van der Waals surface area contributed by atoms with E-state index >= 15 is 0 Å². The van der Waals surface area contributed by atoms with E-state index in [0.29, 0.717) is 11.3 Å². The van der Waals surface area contributed by atoms with E-state index in [9.17, 15) is 19.2 Å². The molecule has 7 nitrogen and oxygen atoms in total. The van der Waals surface area contributed by atoms with Crippen LogP contribution in [-0.4, -0.2) is 31.0 Å². The van der Waals surface area contributed by atoms with E-state index in [-0.39, 0.29) is 0 Å². The third-order valence-corrected chi connectivity index (χ3v) is 3.46. The lowest BCUT2D eigenvalue weighted by molar-refractivity contribution is -0.166. The van der Waals surface area contributed by atoms with Crippen LogP contribution >= 0.6 is 0 Å². The van der Waals surface area contributed by atoms with Crippen LogP contribution < -0.4 is 4.74 Å². The number of esters is 4. The van der Waals surface area contributed by atoms with Crippen molar-refractivity contribution in [2.75, 3.05) is 7.11 Å². The topological polar surface area (TPSA) is 96.0 Å². The highest BCUT2D eigenvalue weighted by Crippen LogP contribution is 2.21. The molecule has 0 radical (unpaired) electrons. The van der Waals surface area contributed by atoms with Crippen molar-refractivity contribution in [1.82, 2.24) is 0 Å². The normalized spacial score (nSPS) is 11.2. The molecular weight excluding hydrogens is 364 g/mol. The Morgan fingerprint density at radius 2 is 1.14 bits per heavy atom. The highest BCUT2D eigenvalue weighted by atomic mass is 16.6. The Morgan fingerprint density at radius 3 is 1.46 bits per heavy atom. The summed E-state index contributed by atoms with van der Waals surface area (Å²) in [5.74, 6) is -3.43. The Balaban J connectivity index is 3.23. The Labute approximate surface area is 164 Å². The van der Waals surface area contributed by atoms with E-state index < -0.39 is 40.3 Å². The molecule has 0 saturated heterocycles. The molecule has 1 aromatic rings. The first-order valence-corrected chi connectivity index (χ1v) is 8.64. The van der Waals surface area contributed by atoms with Crippen molar-refractivity contribution in [2.24, 2.45) is 10.8 Å².